The smallest absolute Gasteiger partial charge is 0.0971 e. The van der Waals surface area contributed by atoms with E-state index in [1.54, 1.807) is 0 Å². The lowest BCUT2D eigenvalue weighted by atomic mass is 10.4. The zero-order valence-electron chi connectivity index (χ0n) is 6.41. The van der Waals surface area contributed by atoms with Gasteiger partial charge in [-0.3, -0.25) is 0 Å². The molecule has 1 nitrogen and oxygen atoms in total. The van der Waals surface area contributed by atoms with Gasteiger partial charge >= 0.3 is 0 Å². The Hall–Kier alpha value is 0.740. The maximum Gasteiger partial charge on any atom is 0.0971 e. The zero-order chi connectivity index (χ0) is 8.69. The van der Waals surface area contributed by atoms with Crippen LogP contribution in [-0.2, 0) is 4.74 Å². The summed E-state index contributed by atoms with van der Waals surface area (Å²) in [7, 11) is 0. The van der Waals surface area contributed by atoms with Crippen LogP contribution in [0.5, 0.6) is 0 Å². The molecule has 0 rings (SSSR count). The first-order chi connectivity index (χ1) is 5.20. The SMILES string of the molecule is C=C(CCI)OC(=C)CCI. The van der Waals surface area contributed by atoms with Crippen molar-refractivity contribution >= 4 is 45.2 Å². The molecular weight excluding hydrogens is 366 g/mol. The van der Waals surface area contributed by atoms with Crippen LogP contribution in [0.2, 0.25) is 0 Å². The highest BCUT2D eigenvalue weighted by molar-refractivity contribution is 14.1. The summed E-state index contributed by atoms with van der Waals surface area (Å²) in [6.07, 6.45) is 1.83. The summed E-state index contributed by atoms with van der Waals surface area (Å²) in [6, 6.07) is 0. The molecule has 0 atom stereocenters. The van der Waals surface area contributed by atoms with Gasteiger partial charge in [-0.15, -0.1) is 0 Å². The Balaban J connectivity index is 3.49. The van der Waals surface area contributed by atoms with E-state index in [0.29, 0.717) is 0 Å². The van der Waals surface area contributed by atoms with Crippen molar-refractivity contribution in [2.45, 2.75) is 12.8 Å². The number of ether oxygens (including phenoxy) is 1. The Morgan fingerprint density at radius 2 is 1.36 bits per heavy atom. The fourth-order valence-corrected chi connectivity index (χ4v) is 1.72. The van der Waals surface area contributed by atoms with Crippen LogP contribution in [0.25, 0.3) is 0 Å². The molecule has 0 aliphatic carbocycles. The molecule has 0 N–H and O–H groups in total. The number of halogens is 2. The Bertz CT molecular complexity index is 127. The molecule has 64 valence electrons. The molecule has 0 saturated carbocycles. The topological polar surface area (TPSA) is 9.23 Å². The Labute approximate surface area is 95.6 Å². The maximum absolute atomic E-state index is 5.33. The van der Waals surface area contributed by atoms with Gasteiger partial charge in [0, 0.05) is 21.7 Å². The summed E-state index contributed by atoms with van der Waals surface area (Å²) in [5.74, 6) is 1.66. The average Bonchev–Trinajstić information content (AvgIpc) is 1.87. The standard InChI is InChI=1S/C8H12I2O/c1-7(3-5-9)11-8(2)4-6-10/h1-6H2. The van der Waals surface area contributed by atoms with Crippen molar-refractivity contribution in [2.24, 2.45) is 0 Å². The molecule has 0 aromatic heterocycles. The monoisotopic (exact) mass is 378 g/mol. The lowest BCUT2D eigenvalue weighted by molar-refractivity contribution is 0.290. The van der Waals surface area contributed by atoms with Gasteiger partial charge in [-0.25, -0.2) is 0 Å². The predicted molar refractivity (Wildman–Crippen MR) is 66.4 cm³/mol. The number of hydrogen-bond donors (Lipinski definition) is 0. The van der Waals surface area contributed by atoms with Gasteiger partial charge in [0.15, 0.2) is 0 Å². The average molecular weight is 378 g/mol. The Kier molecular flexibility index (Phi) is 7.89. The molecule has 0 unspecified atom stereocenters. The third kappa shape index (κ3) is 7.11. The van der Waals surface area contributed by atoms with E-state index in [0.717, 1.165) is 33.2 Å². The van der Waals surface area contributed by atoms with Crippen LogP contribution >= 0.6 is 45.2 Å². The largest absolute Gasteiger partial charge is 0.467 e. The van der Waals surface area contributed by atoms with E-state index in [-0.39, 0.29) is 0 Å². The van der Waals surface area contributed by atoms with Crippen molar-refractivity contribution in [3.05, 3.63) is 24.7 Å². The number of allylic oxidation sites excluding steroid dienone is 2. The molecule has 0 heterocycles. The van der Waals surface area contributed by atoms with Gasteiger partial charge in [0.1, 0.15) is 0 Å². The maximum atomic E-state index is 5.33. The summed E-state index contributed by atoms with van der Waals surface area (Å²) < 4.78 is 7.43. The van der Waals surface area contributed by atoms with Gasteiger partial charge in [0.05, 0.1) is 11.5 Å². The third-order valence-corrected chi connectivity index (χ3v) is 2.11. The molecule has 0 spiro atoms. The molecule has 11 heavy (non-hydrogen) atoms. The van der Waals surface area contributed by atoms with Gasteiger partial charge in [0.2, 0.25) is 0 Å². The lowest BCUT2D eigenvalue weighted by Crippen LogP contribution is -1.92. The second kappa shape index (κ2) is 7.39. The van der Waals surface area contributed by atoms with Gasteiger partial charge < -0.3 is 4.74 Å². The molecule has 0 aromatic carbocycles. The number of alkyl halides is 2. The molecule has 0 aliphatic heterocycles. The van der Waals surface area contributed by atoms with E-state index in [2.05, 4.69) is 58.3 Å². The Morgan fingerprint density at radius 3 is 1.64 bits per heavy atom. The fraction of sp³-hybridized carbons (Fsp3) is 0.500. The van der Waals surface area contributed by atoms with E-state index in [1.165, 1.54) is 0 Å². The number of hydrogen-bond acceptors (Lipinski definition) is 1. The lowest BCUT2D eigenvalue weighted by Gasteiger charge is -2.08. The van der Waals surface area contributed by atoms with Crippen molar-refractivity contribution in [1.82, 2.24) is 0 Å². The quantitative estimate of drug-likeness (QED) is 0.390. The molecule has 3 heteroatoms. The van der Waals surface area contributed by atoms with Crippen LogP contribution in [0.4, 0.5) is 0 Å². The van der Waals surface area contributed by atoms with Gasteiger partial charge in [-0.1, -0.05) is 58.3 Å². The van der Waals surface area contributed by atoms with Crippen molar-refractivity contribution in [3.63, 3.8) is 0 Å². The van der Waals surface area contributed by atoms with E-state index in [4.69, 9.17) is 4.74 Å². The highest BCUT2D eigenvalue weighted by Gasteiger charge is 1.97. The Morgan fingerprint density at radius 1 is 1.00 bits per heavy atom. The molecule has 0 bridgehead atoms. The minimum absolute atomic E-state index is 0.828. The van der Waals surface area contributed by atoms with Crippen molar-refractivity contribution in [2.75, 3.05) is 8.86 Å². The van der Waals surface area contributed by atoms with Crippen LogP contribution in [0.15, 0.2) is 24.7 Å². The minimum atomic E-state index is 0.828. The second-order valence-electron chi connectivity index (χ2n) is 2.06. The molecule has 0 radical (unpaired) electrons. The van der Waals surface area contributed by atoms with Crippen LogP contribution in [0.1, 0.15) is 12.8 Å². The van der Waals surface area contributed by atoms with E-state index in [9.17, 15) is 0 Å². The summed E-state index contributed by atoms with van der Waals surface area (Å²) in [5, 5.41) is 0. The summed E-state index contributed by atoms with van der Waals surface area (Å²) in [5.41, 5.74) is 0. The van der Waals surface area contributed by atoms with Crippen LogP contribution < -0.4 is 0 Å². The van der Waals surface area contributed by atoms with Gasteiger partial charge in [0.25, 0.3) is 0 Å². The summed E-state index contributed by atoms with van der Waals surface area (Å²) in [4.78, 5) is 0. The normalized spacial score (nSPS) is 9.27. The fourth-order valence-electron chi connectivity index (χ4n) is 0.517. The minimum Gasteiger partial charge on any atom is -0.467 e. The van der Waals surface area contributed by atoms with Crippen molar-refractivity contribution in [3.8, 4) is 0 Å². The first-order valence-corrected chi connectivity index (χ1v) is 6.41. The summed E-state index contributed by atoms with van der Waals surface area (Å²) in [6.45, 7) is 7.55. The highest BCUT2D eigenvalue weighted by Crippen LogP contribution is 2.11. The van der Waals surface area contributed by atoms with Gasteiger partial charge in [-0.05, 0) is 0 Å². The molecular formula is C8H12I2O. The first-order valence-electron chi connectivity index (χ1n) is 3.36. The van der Waals surface area contributed by atoms with Crippen LogP contribution in [-0.4, -0.2) is 8.86 Å². The van der Waals surface area contributed by atoms with E-state index >= 15 is 0 Å². The summed E-state index contributed by atoms with van der Waals surface area (Å²) >= 11 is 4.60. The van der Waals surface area contributed by atoms with Gasteiger partial charge in [-0.2, -0.15) is 0 Å². The second-order valence-corrected chi connectivity index (χ2v) is 4.21. The molecule has 0 aliphatic rings. The molecule has 0 fully saturated rings. The van der Waals surface area contributed by atoms with E-state index < -0.39 is 0 Å². The molecule has 0 aromatic rings. The third-order valence-electron chi connectivity index (χ3n) is 1.04. The number of rotatable bonds is 6. The highest BCUT2D eigenvalue weighted by atomic mass is 127. The predicted octanol–water partition coefficient (Wildman–Crippen LogP) is 3.68. The van der Waals surface area contributed by atoms with Crippen LogP contribution in [0.3, 0.4) is 0 Å². The van der Waals surface area contributed by atoms with Crippen LogP contribution in [0, 0.1) is 0 Å². The zero-order valence-corrected chi connectivity index (χ0v) is 10.7. The molecule has 0 amide bonds. The van der Waals surface area contributed by atoms with Crippen molar-refractivity contribution in [1.29, 1.82) is 0 Å². The van der Waals surface area contributed by atoms with Crippen molar-refractivity contribution < 1.29 is 4.74 Å². The first kappa shape index (κ1) is 11.7. The van der Waals surface area contributed by atoms with E-state index in [1.807, 2.05) is 0 Å². The molecule has 0 saturated heterocycles.